The molecule has 4 aromatic rings. The number of rotatable bonds is 5. The number of carbonyl (C=O) groups excluding carboxylic acids is 1. The topological polar surface area (TPSA) is 96.0 Å². The molecule has 7 nitrogen and oxygen atoms in total. The number of hydrogen-bond acceptors (Lipinski definition) is 5. The molecule has 2 aromatic heterocycles. The summed E-state index contributed by atoms with van der Waals surface area (Å²) in [6.45, 7) is 3.49. The van der Waals surface area contributed by atoms with Crippen molar-refractivity contribution in [2.75, 3.05) is 5.32 Å². The maximum absolute atomic E-state index is 13.1. The van der Waals surface area contributed by atoms with Crippen molar-refractivity contribution in [3.8, 4) is 23.0 Å². The summed E-state index contributed by atoms with van der Waals surface area (Å²) >= 11 is 6.31. The quantitative estimate of drug-likeness (QED) is 0.452. The van der Waals surface area contributed by atoms with Gasteiger partial charge < -0.3 is 5.32 Å². The van der Waals surface area contributed by atoms with E-state index < -0.39 is 5.91 Å². The van der Waals surface area contributed by atoms with Gasteiger partial charge in [0, 0.05) is 11.6 Å². The second kappa shape index (κ2) is 8.61. The van der Waals surface area contributed by atoms with Gasteiger partial charge in [-0.1, -0.05) is 41.9 Å². The largest absolute Gasteiger partial charge is 0.306 e. The monoisotopic (exact) mass is 426 g/mol. The van der Waals surface area contributed by atoms with Gasteiger partial charge >= 0.3 is 0 Å². The molecule has 4 rings (SSSR count). The van der Waals surface area contributed by atoms with Gasteiger partial charge in [-0.25, -0.2) is 14.7 Å². The third kappa shape index (κ3) is 4.20. The number of carbonyl (C=O) groups is 1. The van der Waals surface area contributed by atoms with Crippen molar-refractivity contribution >= 4 is 35.9 Å². The molecule has 2 aromatic carbocycles. The van der Waals surface area contributed by atoms with Crippen molar-refractivity contribution in [3.05, 3.63) is 89.1 Å². The number of halogens is 1. The zero-order valence-corrected chi connectivity index (χ0v) is 16.9. The number of aromatic nitrogens is 3. The standard InChI is InChI=1S/C23H15ClN6O/c1-26-21-9-5-8-20(27-21)15-10-11-19(24)18(12-15)23(31)28-22-13-16(14-25)29-30(22)17-6-3-2-4-7-17/h2-13H,1H2,(H,28,31). The van der Waals surface area contributed by atoms with Gasteiger partial charge in [0.25, 0.3) is 5.91 Å². The predicted molar refractivity (Wildman–Crippen MR) is 120 cm³/mol. The summed E-state index contributed by atoms with van der Waals surface area (Å²) in [5, 5.41) is 16.6. The fourth-order valence-electron chi connectivity index (χ4n) is 3.01. The molecular formula is C23H15ClN6O. The first-order valence-electron chi connectivity index (χ1n) is 9.19. The first-order valence-corrected chi connectivity index (χ1v) is 9.57. The van der Waals surface area contributed by atoms with E-state index in [4.69, 9.17) is 11.6 Å². The van der Waals surface area contributed by atoms with E-state index >= 15 is 0 Å². The second-order valence-corrected chi connectivity index (χ2v) is 6.87. The molecule has 0 aliphatic heterocycles. The van der Waals surface area contributed by atoms with Crippen LogP contribution in [0.25, 0.3) is 16.9 Å². The molecule has 0 radical (unpaired) electrons. The fraction of sp³-hybridized carbons (Fsp3) is 0. The van der Waals surface area contributed by atoms with Crippen LogP contribution in [0.1, 0.15) is 16.1 Å². The van der Waals surface area contributed by atoms with E-state index in [9.17, 15) is 10.1 Å². The molecule has 150 valence electrons. The first kappa shape index (κ1) is 20.0. The minimum atomic E-state index is -0.438. The molecule has 0 bridgehead atoms. The molecular weight excluding hydrogens is 412 g/mol. The number of nitrogens with one attached hydrogen (secondary N) is 1. The van der Waals surface area contributed by atoms with Crippen molar-refractivity contribution in [1.29, 1.82) is 5.26 Å². The molecule has 0 saturated carbocycles. The van der Waals surface area contributed by atoms with Crippen LogP contribution in [-0.4, -0.2) is 27.4 Å². The Morgan fingerprint density at radius 1 is 1.10 bits per heavy atom. The smallest absolute Gasteiger partial charge is 0.258 e. The van der Waals surface area contributed by atoms with Crippen LogP contribution in [0.15, 0.2) is 77.8 Å². The maximum Gasteiger partial charge on any atom is 0.258 e. The number of pyridine rings is 1. The van der Waals surface area contributed by atoms with Crippen LogP contribution in [0.4, 0.5) is 11.6 Å². The Bertz CT molecular complexity index is 1320. The number of anilines is 1. The SMILES string of the molecule is C=Nc1cccc(-c2ccc(Cl)c(C(=O)Nc3cc(C#N)nn3-c3ccccc3)c2)n1. The average molecular weight is 427 g/mol. The summed E-state index contributed by atoms with van der Waals surface area (Å²) in [6, 6.07) is 23.1. The van der Waals surface area contributed by atoms with Gasteiger partial charge in [0.1, 0.15) is 11.9 Å². The Balaban J connectivity index is 1.69. The highest BCUT2D eigenvalue weighted by Gasteiger charge is 2.17. The molecule has 1 amide bonds. The molecule has 2 heterocycles. The molecule has 8 heteroatoms. The first-order chi connectivity index (χ1) is 15.1. The highest BCUT2D eigenvalue weighted by Crippen LogP contribution is 2.27. The molecule has 0 spiro atoms. The molecule has 0 aliphatic rings. The van der Waals surface area contributed by atoms with E-state index in [0.29, 0.717) is 28.6 Å². The van der Waals surface area contributed by atoms with Crippen molar-refractivity contribution < 1.29 is 4.79 Å². The average Bonchev–Trinajstić information content (AvgIpc) is 3.22. The Morgan fingerprint density at radius 2 is 1.90 bits per heavy atom. The lowest BCUT2D eigenvalue weighted by Gasteiger charge is -2.11. The Hall–Kier alpha value is -4.28. The van der Waals surface area contributed by atoms with Gasteiger partial charge in [0.2, 0.25) is 0 Å². The van der Waals surface area contributed by atoms with Gasteiger partial charge in [-0.2, -0.15) is 10.4 Å². The molecule has 31 heavy (non-hydrogen) atoms. The van der Waals surface area contributed by atoms with Crippen LogP contribution in [0.3, 0.4) is 0 Å². The number of para-hydroxylation sites is 1. The van der Waals surface area contributed by atoms with Crippen molar-refractivity contribution in [3.63, 3.8) is 0 Å². The highest BCUT2D eigenvalue weighted by atomic mass is 35.5. The highest BCUT2D eigenvalue weighted by molar-refractivity contribution is 6.34. The van der Waals surface area contributed by atoms with Crippen LogP contribution in [0.5, 0.6) is 0 Å². The summed E-state index contributed by atoms with van der Waals surface area (Å²) < 4.78 is 1.50. The summed E-state index contributed by atoms with van der Waals surface area (Å²) in [4.78, 5) is 21.3. The van der Waals surface area contributed by atoms with Gasteiger partial charge in [0.15, 0.2) is 11.5 Å². The van der Waals surface area contributed by atoms with E-state index in [1.807, 2.05) is 48.5 Å². The van der Waals surface area contributed by atoms with E-state index in [1.54, 1.807) is 24.3 Å². The molecule has 0 unspecified atom stereocenters. The summed E-state index contributed by atoms with van der Waals surface area (Å²) in [5.74, 6) is 0.394. The van der Waals surface area contributed by atoms with Gasteiger partial charge in [-0.05, 0) is 43.1 Å². The minimum Gasteiger partial charge on any atom is -0.306 e. The van der Waals surface area contributed by atoms with E-state index in [2.05, 4.69) is 27.1 Å². The molecule has 0 aliphatic carbocycles. The van der Waals surface area contributed by atoms with Crippen LogP contribution in [-0.2, 0) is 0 Å². The van der Waals surface area contributed by atoms with E-state index in [0.717, 1.165) is 0 Å². The lowest BCUT2D eigenvalue weighted by molar-refractivity contribution is 0.102. The Morgan fingerprint density at radius 3 is 2.65 bits per heavy atom. The summed E-state index contributed by atoms with van der Waals surface area (Å²) in [5.41, 5.74) is 2.48. The molecule has 0 fully saturated rings. The number of hydrogen-bond donors (Lipinski definition) is 1. The third-order valence-corrected chi connectivity index (χ3v) is 4.80. The zero-order valence-electron chi connectivity index (χ0n) is 16.2. The molecule has 1 N–H and O–H groups in total. The van der Waals surface area contributed by atoms with Gasteiger partial charge in [-0.3, -0.25) is 4.79 Å². The third-order valence-electron chi connectivity index (χ3n) is 4.47. The van der Waals surface area contributed by atoms with E-state index in [1.165, 1.54) is 10.7 Å². The van der Waals surface area contributed by atoms with Gasteiger partial charge in [0.05, 0.1) is 22.0 Å². The van der Waals surface area contributed by atoms with Crippen LogP contribution in [0.2, 0.25) is 5.02 Å². The van der Waals surface area contributed by atoms with Gasteiger partial charge in [-0.15, -0.1) is 0 Å². The van der Waals surface area contributed by atoms with Crippen molar-refractivity contribution in [1.82, 2.24) is 14.8 Å². The fourth-order valence-corrected chi connectivity index (χ4v) is 3.21. The van der Waals surface area contributed by atoms with Crippen LogP contribution < -0.4 is 5.32 Å². The molecule has 0 atom stereocenters. The van der Waals surface area contributed by atoms with E-state index in [-0.39, 0.29) is 16.3 Å². The summed E-state index contributed by atoms with van der Waals surface area (Å²) in [6.07, 6.45) is 0. The maximum atomic E-state index is 13.1. The van der Waals surface area contributed by atoms with Crippen LogP contribution in [0, 0.1) is 11.3 Å². The summed E-state index contributed by atoms with van der Waals surface area (Å²) in [7, 11) is 0. The number of aliphatic imine (C=N–C) groups is 1. The Labute approximate surface area is 183 Å². The number of nitriles is 1. The zero-order chi connectivity index (χ0) is 21.8. The normalized spacial score (nSPS) is 10.3. The number of nitrogens with zero attached hydrogens (tertiary/aromatic N) is 5. The van der Waals surface area contributed by atoms with Crippen LogP contribution >= 0.6 is 11.6 Å². The molecule has 0 saturated heterocycles. The lowest BCUT2D eigenvalue weighted by Crippen LogP contribution is -2.15. The Kier molecular flexibility index (Phi) is 5.56. The lowest BCUT2D eigenvalue weighted by atomic mass is 10.1. The predicted octanol–water partition coefficient (Wildman–Crippen LogP) is 5.04. The number of benzene rings is 2. The number of amides is 1. The van der Waals surface area contributed by atoms with Crippen molar-refractivity contribution in [2.24, 2.45) is 4.99 Å². The minimum absolute atomic E-state index is 0.178. The van der Waals surface area contributed by atoms with Crippen molar-refractivity contribution in [2.45, 2.75) is 0 Å². The second-order valence-electron chi connectivity index (χ2n) is 6.46.